The van der Waals surface area contributed by atoms with E-state index in [4.69, 9.17) is 10.5 Å². The lowest BCUT2D eigenvalue weighted by atomic mass is 10.0. The lowest BCUT2D eigenvalue weighted by molar-refractivity contribution is -0.127. The van der Waals surface area contributed by atoms with Gasteiger partial charge < -0.3 is 15.8 Å². The minimum Gasteiger partial charge on any atom is -0.374 e. The van der Waals surface area contributed by atoms with Gasteiger partial charge in [0.1, 0.15) is 0 Å². The van der Waals surface area contributed by atoms with Crippen LogP contribution < -0.4 is 11.1 Å². The molecule has 1 rings (SSSR count). The summed E-state index contributed by atoms with van der Waals surface area (Å²) in [4.78, 5) is 14.1. The van der Waals surface area contributed by atoms with Gasteiger partial charge >= 0.3 is 0 Å². The molecule has 0 aromatic carbocycles. The summed E-state index contributed by atoms with van der Waals surface area (Å²) in [5.41, 5.74) is 5.47. The molecule has 1 saturated heterocycles. The van der Waals surface area contributed by atoms with E-state index in [-0.39, 0.29) is 23.6 Å². The van der Waals surface area contributed by atoms with Gasteiger partial charge in [-0.1, -0.05) is 6.92 Å². The zero-order chi connectivity index (χ0) is 13.8. The fourth-order valence-electron chi connectivity index (χ4n) is 1.93. The molecule has 106 valence electrons. The number of nitrogens with two attached hydrogens (primary N) is 1. The first-order valence-electron chi connectivity index (χ1n) is 6.74. The molecule has 2 atom stereocenters. The van der Waals surface area contributed by atoms with E-state index in [2.05, 4.69) is 24.1 Å². The van der Waals surface area contributed by atoms with E-state index in [9.17, 15) is 4.79 Å². The summed E-state index contributed by atoms with van der Waals surface area (Å²) in [7, 11) is 0. The Bertz CT molecular complexity index is 281. The number of hydrogen-bond donors (Lipinski definition) is 2. The van der Waals surface area contributed by atoms with E-state index in [1.54, 1.807) is 0 Å². The molecule has 1 heterocycles. The van der Waals surface area contributed by atoms with Gasteiger partial charge in [-0.3, -0.25) is 9.69 Å². The first-order valence-corrected chi connectivity index (χ1v) is 6.74. The van der Waals surface area contributed by atoms with Crippen molar-refractivity contribution in [3.63, 3.8) is 0 Å². The monoisotopic (exact) mass is 257 g/mol. The third kappa shape index (κ3) is 4.55. The van der Waals surface area contributed by atoms with Crippen LogP contribution in [0.25, 0.3) is 0 Å². The Hall–Kier alpha value is -0.650. The van der Waals surface area contributed by atoms with Gasteiger partial charge in [0.05, 0.1) is 19.3 Å². The highest BCUT2D eigenvalue weighted by atomic mass is 16.5. The highest BCUT2D eigenvalue weighted by Crippen LogP contribution is 2.11. The lowest BCUT2D eigenvalue weighted by Gasteiger charge is -2.37. The summed E-state index contributed by atoms with van der Waals surface area (Å²) in [6.45, 7) is 10.5. The fourth-order valence-corrected chi connectivity index (χ4v) is 1.93. The summed E-state index contributed by atoms with van der Waals surface area (Å²) in [6.07, 6.45) is 0.969. The molecule has 1 fully saturated rings. The Morgan fingerprint density at radius 3 is 2.78 bits per heavy atom. The minimum absolute atomic E-state index is 0.0492. The molecule has 0 saturated carbocycles. The standard InChI is InChI=1S/C13H27N3O2/c1-5-13(3,4)15-12(17)8-16-7-11(6-14)18-9-10(16)2/h10-11H,5-9,14H2,1-4H3,(H,15,17). The highest BCUT2D eigenvalue weighted by Gasteiger charge is 2.28. The summed E-state index contributed by atoms with van der Waals surface area (Å²) < 4.78 is 5.57. The number of hydrogen-bond acceptors (Lipinski definition) is 4. The van der Waals surface area contributed by atoms with E-state index < -0.39 is 0 Å². The van der Waals surface area contributed by atoms with Gasteiger partial charge in [0.2, 0.25) is 5.91 Å². The van der Waals surface area contributed by atoms with E-state index in [0.717, 1.165) is 13.0 Å². The van der Waals surface area contributed by atoms with Gasteiger partial charge in [0.25, 0.3) is 0 Å². The second-order valence-corrected chi connectivity index (χ2v) is 5.76. The Kier molecular flexibility index (Phi) is 5.56. The molecule has 1 aliphatic heterocycles. The van der Waals surface area contributed by atoms with E-state index >= 15 is 0 Å². The Morgan fingerprint density at radius 2 is 2.22 bits per heavy atom. The largest absolute Gasteiger partial charge is 0.374 e. The molecule has 0 bridgehead atoms. The Balaban J connectivity index is 2.47. The molecule has 18 heavy (non-hydrogen) atoms. The molecule has 2 unspecified atom stereocenters. The molecule has 0 aromatic heterocycles. The van der Waals surface area contributed by atoms with Crippen molar-refractivity contribution >= 4 is 5.91 Å². The Labute approximate surface area is 110 Å². The number of carbonyl (C=O) groups excluding carboxylic acids is 1. The van der Waals surface area contributed by atoms with Crippen LogP contribution in [0.2, 0.25) is 0 Å². The normalized spacial score (nSPS) is 26.1. The predicted molar refractivity (Wildman–Crippen MR) is 72.3 cm³/mol. The van der Waals surface area contributed by atoms with E-state index in [0.29, 0.717) is 19.7 Å². The van der Waals surface area contributed by atoms with Gasteiger partial charge in [-0.2, -0.15) is 0 Å². The summed E-state index contributed by atoms with van der Waals surface area (Å²) in [6, 6.07) is 0.267. The third-order valence-corrected chi connectivity index (χ3v) is 3.61. The van der Waals surface area contributed by atoms with Gasteiger partial charge in [0, 0.05) is 24.7 Å². The van der Waals surface area contributed by atoms with Crippen molar-refractivity contribution in [3.8, 4) is 0 Å². The zero-order valence-electron chi connectivity index (χ0n) is 12.0. The number of nitrogens with zero attached hydrogens (tertiary/aromatic N) is 1. The molecule has 0 radical (unpaired) electrons. The van der Waals surface area contributed by atoms with Crippen molar-refractivity contribution in [1.82, 2.24) is 10.2 Å². The first-order chi connectivity index (χ1) is 8.38. The molecule has 3 N–H and O–H groups in total. The molecule has 5 heteroatoms. The second-order valence-electron chi connectivity index (χ2n) is 5.76. The SMILES string of the molecule is CCC(C)(C)NC(=O)CN1CC(CN)OCC1C. The Morgan fingerprint density at radius 1 is 1.56 bits per heavy atom. The van der Waals surface area contributed by atoms with Crippen molar-refractivity contribution in [2.75, 3.05) is 26.2 Å². The lowest BCUT2D eigenvalue weighted by Crippen LogP contribution is -2.55. The molecule has 0 aromatic rings. The van der Waals surface area contributed by atoms with Crippen LogP contribution in [0.3, 0.4) is 0 Å². The second kappa shape index (κ2) is 6.50. The minimum atomic E-state index is -0.139. The predicted octanol–water partition coefficient (Wildman–Crippen LogP) is 0.339. The average Bonchev–Trinajstić information content (AvgIpc) is 2.31. The molecule has 5 nitrogen and oxygen atoms in total. The highest BCUT2D eigenvalue weighted by molar-refractivity contribution is 5.78. The number of rotatable bonds is 5. The van der Waals surface area contributed by atoms with Gasteiger partial charge in [0.15, 0.2) is 0 Å². The van der Waals surface area contributed by atoms with Crippen LogP contribution in [0.1, 0.15) is 34.1 Å². The van der Waals surface area contributed by atoms with Crippen LogP contribution in [0, 0.1) is 0 Å². The van der Waals surface area contributed by atoms with Crippen molar-refractivity contribution in [1.29, 1.82) is 0 Å². The van der Waals surface area contributed by atoms with Gasteiger partial charge in [-0.15, -0.1) is 0 Å². The van der Waals surface area contributed by atoms with Crippen LogP contribution in [0.5, 0.6) is 0 Å². The average molecular weight is 257 g/mol. The van der Waals surface area contributed by atoms with Crippen LogP contribution in [0.15, 0.2) is 0 Å². The van der Waals surface area contributed by atoms with Crippen molar-refractivity contribution in [3.05, 3.63) is 0 Å². The van der Waals surface area contributed by atoms with Crippen LogP contribution in [-0.2, 0) is 9.53 Å². The van der Waals surface area contributed by atoms with E-state index in [1.165, 1.54) is 0 Å². The van der Waals surface area contributed by atoms with Crippen molar-refractivity contribution in [2.24, 2.45) is 5.73 Å². The summed E-state index contributed by atoms with van der Waals surface area (Å²) in [5.74, 6) is 0.0753. The number of amides is 1. The topological polar surface area (TPSA) is 67.6 Å². The number of ether oxygens (including phenoxy) is 1. The van der Waals surface area contributed by atoms with Gasteiger partial charge in [-0.25, -0.2) is 0 Å². The molecule has 0 spiro atoms. The molecular formula is C13H27N3O2. The number of morpholine rings is 1. The quantitative estimate of drug-likeness (QED) is 0.745. The van der Waals surface area contributed by atoms with E-state index in [1.807, 2.05) is 13.8 Å². The maximum absolute atomic E-state index is 12.0. The molecule has 1 amide bonds. The zero-order valence-corrected chi connectivity index (χ0v) is 12.0. The molecule has 1 aliphatic rings. The third-order valence-electron chi connectivity index (χ3n) is 3.61. The number of nitrogens with one attached hydrogen (secondary N) is 1. The van der Waals surface area contributed by atoms with Gasteiger partial charge in [-0.05, 0) is 27.2 Å². The van der Waals surface area contributed by atoms with Crippen LogP contribution in [0.4, 0.5) is 0 Å². The summed E-state index contributed by atoms with van der Waals surface area (Å²) >= 11 is 0. The maximum atomic E-state index is 12.0. The maximum Gasteiger partial charge on any atom is 0.234 e. The van der Waals surface area contributed by atoms with Crippen molar-refractivity contribution in [2.45, 2.75) is 51.8 Å². The number of carbonyl (C=O) groups is 1. The van der Waals surface area contributed by atoms with Crippen molar-refractivity contribution < 1.29 is 9.53 Å². The molecule has 0 aliphatic carbocycles. The summed E-state index contributed by atoms with van der Waals surface area (Å²) in [5, 5.41) is 3.05. The molecular weight excluding hydrogens is 230 g/mol. The van der Waals surface area contributed by atoms with Crippen LogP contribution in [-0.4, -0.2) is 54.7 Å². The fraction of sp³-hybridized carbons (Fsp3) is 0.923. The smallest absolute Gasteiger partial charge is 0.234 e. The van der Waals surface area contributed by atoms with Crippen LogP contribution >= 0.6 is 0 Å². The first kappa shape index (κ1) is 15.4.